The first-order chi connectivity index (χ1) is 16.3. The van der Waals surface area contributed by atoms with Crippen molar-refractivity contribution in [1.82, 2.24) is 20.2 Å². The number of hydrogen-bond donors (Lipinski definition) is 1. The summed E-state index contributed by atoms with van der Waals surface area (Å²) in [5.41, 5.74) is 4.07. The average molecular weight is 461 g/mol. The molecule has 1 aliphatic carbocycles. The fourth-order valence-corrected chi connectivity index (χ4v) is 4.30. The van der Waals surface area contributed by atoms with E-state index in [9.17, 15) is 9.59 Å². The molecule has 0 spiro atoms. The van der Waals surface area contributed by atoms with Gasteiger partial charge in [0, 0.05) is 36.6 Å². The molecule has 2 heterocycles. The van der Waals surface area contributed by atoms with Gasteiger partial charge in [0.25, 0.3) is 5.91 Å². The molecule has 0 radical (unpaired) electrons. The first kappa shape index (κ1) is 23.7. The van der Waals surface area contributed by atoms with Crippen LogP contribution in [-0.4, -0.2) is 45.6 Å². The van der Waals surface area contributed by atoms with Gasteiger partial charge in [0.2, 0.25) is 0 Å². The van der Waals surface area contributed by atoms with Crippen molar-refractivity contribution in [3.63, 3.8) is 0 Å². The predicted octanol–water partition coefficient (Wildman–Crippen LogP) is 4.68. The molecule has 4 rings (SSSR count). The van der Waals surface area contributed by atoms with Crippen LogP contribution in [0.4, 0.5) is 4.79 Å². The standard InChI is InChI=1S/C27H32N4O3/c1-27(2,3)34-26(33)31(18-19-9-7-14-28-17-19)16-8-15-29-25(32)24-20-10-4-5-12-22(20)30-23-13-6-11-21(23)24/h4-5,7,9-10,12,14,17H,6,8,11,13,15-16,18H2,1-3H3,(H,29,32). The highest BCUT2D eigenvalue weighted by atomic mass is 16.6. The number of rotatable bonds is 7. The summed E-state index contributed by atoms with van der Waals surface area (Å²) in [6, 6.07) is 11.6. The van der Waals surface area contributed by atoms with Crippen molar-refractivity contribution >= 4 is 22.9 Å². The molecule has 0 saturated carbocycles. The Morgan fingerprint density at radius 1 is 1.12 bits per heavy atom. The molecule has 0 fully saturated rings. The van der Waals surface area contributed by atoms with Gasteiger partial charge >= 0.3 is 6.09 Å². The van der Waals surface area contributed by atoms with Crippen LogP contribution < -0.4 is 5.32 Å². The first-order valence-corrected chi connectivity index (χ1v) is 11.9. The molecule has 0 atom stereocenters. The van der Waals surface area contributed by atoms with Crippen molar-refractivity contribution in [2.45, 2.75) is 58.6 Å². The van der Waals surface area contributed by atoms with Crippen molar-refractivity contribution in [1.29, 1.82) is 0 Å². The van der Waals surface area contributed by atoms with Crippen molar-refractivity contribution in [3.8, 4) is 0 Å². The Morgan fingerprint density at radius 2 is 1.94 bits per heavy atom. The number of nitrogens with one attached hydrogen (secondary N) is 1. The van der Waals surface area contributed by atoms with E-state index in [0.29, 0.717) is 26.1 Å². The second-order valence-electron chi connectivity index (χ2n) is 9.66. The lowest BCUT2D eigenvalue weighted by atomic mass is 10.0. The highest BCUT2D eigenvalue weighted by Crippen LogP contribution is 2.29. The van der Waals surface area contributed by atoms with Gasteiger partial charge in [0.1, 0.15) is 5.60 Å². The van der Waals surface area contributed by atoms with Crippen molar-refractivity contribution in [2.75, 3.05) is 13.1 Å². The number of aromatic nitrogens is 2. The van der Waals surface area contributed by atoms with Gasteiger partial charge < -0.3 is 15.0 Å². The number of ether oxygens (including phenoxy) is 1. The summed E-state index contributed by atoms with van der Waals surface area (Å²) in [4.78, 5) is 36.6. The number of benzene rings is 1. The van der Waals surface area contributed by atoms with E-state index in [1.807, 2.05) is 57.2 Å². The van der Waals surface area contributed by atoms with Gasteiger partial charge in [-0.25, -0.2) is 4.79 Å². The van der Waals surface area contributed by atoms with Crippen LogP contribution in [0.1, 0.15) is 60.8 Å². The van der Waals surface area contributed by atoms with E-state index >= 15 is 0 Å². The molecule has 2 amide bonds. The van der Waals surface area contributed by atoms with Crippen molar-refractivity contribution in [3.05, 3.63) is 71.2 Å². The highest BCUT2D eigenvalue weighted by molar-refractivity contribution is 6.07. The average Bonchev–Trinajstić information content (AvgIpc) is 3.26. The van der Waals surface area contributed by atoms with Gasteiger partial charge in [-0.3, -0.25) is 14.8 Å². The number of nitrogens with zero attached hydrogens (tertiary/aromatic N) is 3. The number of carbonyl (C=O) groups is 2. The Balaban J connectivity index is 1.42. The molecular formula is C27H32N4O3. The summed E-state index contributed by atoms with van der Waals surface area (Å²) >= 11 is 0. The second kappa shape index (κ2) is 10.2. The van der Waals surface area contributed by atoms with Gasteiger partial charge in [0.15, 0.2) is 0 Å². The largest absolute Gasteiger partial charge is 0.444 e. The van der Waals surface area contributed by atoms with Crippen LogP contribution in [0.25, 0.3) is 10.9 Å². The fourth-order valence-electron chi connectivity index (χ4n) is 4.30. The van der Waals surface area contributed by atoms with E-state index in [4.69, 9.17) is 9.72 Å². The SMILES string of the molecule is CC(C)(C)OC(=O)N(CCCNC(=O)c1c2c(nc3ccccc13)CCC2)Cc1cccnc1. The Morgan fingerprint density at radius 3 is 2.71 bits per heavy atom. The molecule has 0 saturated heterocycles. The van der Waals surface area contributed by atoms with E-state index in [1.54, 1.807) is 17.3 Å². The molecule has 1 N–H and O–H groups in total. The second-order valence-corrected chi connectivity index (χ2v) is 9.66. The molecule has 0 unspecified atom stereocenters. The zero-order valence-corrected chi connectivity index (χ0v) is 20.1. The van der Waals surface area contributed by atoms with Crippen LogP contribution in [0.15, 0.2) is 48.8 Å². The van der Waals surface area contributed by atoms with E-state index in [-0.39, 0.29) is 12.0 Å². The summed E-state index contributed by atoms with van der Waals surface area (Å²) in [5, 5.41) is 3.97. The number of para-hydroxylation sites is 1. The van der Waals surface area contributed by atoms with Gasteiger partial charge in [-0.15, -0.1) is 0 Å². The lowest BCUT2D eigenvalue weighted by Gasteiger charge is -2.27. The lowest BCUT2D eigenvalue weighted by molar-refractivity contribution is 0.0232. The Bertz CT molecular complexity index is 1170. The molecule has 34 heavy (non-hydrogen) atoms. The Hall–Kier alpha value is -3.48. The number of fused-ring (bicyclic) bond motifs is 2. The minimum Gasteiger partial charge on any atom is -0.444 e. The molecular weight excluding hydrogens is 428 g/mol. The molecule has 7 heteroatoms. The van der Waals surface area contributed by atoms with Crippen LogP contribution >= 0.6 is 0 Å². The molecule has 3 aromatic rings. The zero-order valence-electron chi connectivity index (χ0n) is 20.1. The van der Waals surface area contributed by atoms with Crippen LogP contribution in [0, 0.1) is 0 Å². The number of amides is 2. The third-order valence-corrected chi connectivity index (χ3v) is 5.78. The maximum Gasteiger partial charge on any atom is 0.410 e. The van der Waals surface area contributed by atoms with Crippen LogP contribution in [0.3, 0.4) is 0 Å². The highest BCUT2D eigenvalue weighted by Gasteiger charge is 2.24. The summed E-state index contributed by atoms with van der Waals surface area (Å²) in [6.45, 7) is 6.87. The minimum atomic E-state index is -0.582. The zero-order chi connectivity index (χ0) is 24.1. The third kappa shape index (κ3) is 5.71. The maximum absolute atomic E-state index is 13.2. The number of pyridine rings is 2. The van der Waals surface area contributed by atoms with Gasteiger partial charge in [-0.2, -0.15) is 0 Å². The predicted molar refractivity (Wildman–Crippen MR) is 132 cm³/mol. The van der Waals surface area contributed by atoms with Gasteiger partial charge in [0.05, 0.1) is 17.6 Å². The third-order valence-electron chi connectivity index (χ3n) is 5.78. The molecule has 1 aromatic carbocycles. The fraction of sp³-hybridized carbons (Fsp3) is 0.407. The molecule has 1 aliphatic rings. The summed E-state index contributed by atoms with van der Waals surface area (Å²) in [6.07, 6.45) is 6.51. The summed E-state index contributed by atoms with van der Waals surface area (Å²) in [7, 11) is 0. The van der Waals surface area contributed by atoms with Crippen molar-refractivity contribution < 1.29 is 14.3 Å². The normalized spacial score (nSPS) is 12.9. The summed E-state index contributed by atoms with van der Waals surface area (Å²) < 4.78 is 5.59. The van der Waals surface area contributed by atoms with Crippen LogP contribution in [-0.2, 0) is 24.1 Å². The quantitative estimate of drug-likeness (QED) is 0.518. The number of hydrogen-bond acceptors (Lipinski definition) is 5. The van der Waals surface area contributed by atoms with Gasteiger partial charge in [-0.05, 0) is 69.7 Å². The molecule has 7 nitrogen and oxygen atoms in total. The van der Waals surface area contributed by atoms with Crippen LogP contribution in [0.5, 0.6) is 0 Å². The van der Waals surface area contributed by atoms with E-state index in [0.717, 1.165) is 52.5 Å². The molecule has 178 valence electrons. The molecule has 0 aliphatic heterocycles. The lowest BCUT2D eigenvalue weighted by Crippen LogP contribution is -2.38. The first-order valence-electron chi connectivity index (χ1n) is 11.9. The summed E-state index contributed by atoms with van der Waals surface area (Å²) in [5.74, 6) is -0.0761. The van der Waals surface area contributed by atoms with E-state index in [1.165, 1.54) is 0 Å². The minimum absolute atomic E-state index is 0.0761. The molecule has 2 aromatic heterocycles. The smallest absolute Gasteiger partial charge is 0.410 e. The van der Waals surface area contributed by atoms with Crippen LogP contribution in [0.2, 0.25) is 0 Å². The topological polar surface area (TPSA) is 84.4 Å². The van der Waals surface area contributed by atoms with Gasteiger partial charge in [-0.1, -0.05) is 24.3 Å². The Labute approximate surface area is 200 Å². The van der Waals surface area contributed by atoms with E-state index < -0.39 is 5.60 Å². The molecule has 0 bridgehead atoms. The number of aryl methyl sites for hydroxylation is 1. The number of carbonyl (C=O) groups excluding carboxylic acids is 2. The maximum atomic E-state index is 13.2. The monoisotopic (exact) mass is 460 g/mol. The Kier molecular flexibility index (Phi) is 7.10. The van der Waals surface area contributed by atoms with Crippen molar-refractivity contribution in [2.24, 2.45) is 0 Å². The van der Waals surface area contributed by atoms with E-state index in [2.05, 4.69) is 10.3 Å².